The number of hydrogen-bond donors (Lipinski definition) is 0. The van der Waals surface area contributed by atoms with Crippen LogP contribution in [0.5, 0.6) is 11.5 Å². The first-order valence-electron chi connectivity index (χ1n) is 14.9. The predicted molar refractivity (Wildman–Crippen MR) is 159 cm³/mol. The van der Waals surface area contributed by atoms with E-state index in [1.54, 1.807) is 12.1 Å². The third kappa shape index (κ3) is 7.65. The molecule has 8 heteroatoms. The van der Waals surface area contributed by atoms with Gasteiger partial charge >= 0.3 is 11.9 Å². The van der Waals surface area contributed by atoms with Crippen molar-refractivity contribution in [1.82, 2.24) is 0 Å². The van der Waals surface area contributed by atoms with E-state index < -0.39 is 0 Å². The fourth-order valence-electron chi connectivity index (χ4n) is 6.04. The van der Waals surface area contributed by atoms with E-state index in [1.165, 1.54) is 62.0 Å². The Labute approximate surface area is 247 Å². The second kappa shape index (κ2) is 15.0. The molecule has 1 aliphatic heterocycles. The molecule has 2 saturated carbocycles. The van der Waals surface area contributed by atoms with Crippen molar-refractivity contribution in [2.75, 3.05) is 0 Å². The van der Waals surface area contributed by atoms with Crippen LogP contribution in [-0.2, 0) is 9.59 Å². The van der Waals surface area contributed by atoms with Crippen LogP contribution in [0.4, 0.5) is 0 Å². The molecule has 3 aliphatic rings. The monoisotopic (exact) mass is 580 g/mol. The molecule has 6 nitrogen and oxygen atoms in total. The molecule has 1 aromatic carbocycles. The van der Waals surface area contributed by atoms with Crippen LogP contribution in [0, 0.1) is 41.6 Å². The molecule has 0 saturated heterocycles. The minimum atomic E-state index is -0.227. The van der Waals surface area contributed by atoms with E-state index in [4.69, 9.17) is 16.0 Å². The summed E-state index contributed by atoms with van der Waals surface area (Å²) in [6.07, 6.45) is 14.9. The lowest BCUT2D eigenvalue weighted by atomic mass is 9.80. The molecule has 1 heterocycles. The zero-order chi connectivity index (χ0) is 28.5. The summed E-state index contributed by atoms with van der Waals surface area (Å²) in [5.41, 5.74) is -0.0171. The molecule has 0 N–H and O–H groups in total. The van der Waals surface area contributed by atoms with Crippen molar-refractivity contribution in [2.24, 2.45) is 23.7 Å². The minimum absolute atomic E-state index is 0.0171. The van der Waals surface area contributed by atoms with Crippen LogP contribution in [-0.4, -0.2) is 11.9 Å². The number of unbranched alkanes of at least 4 members (excludes halogenated alkanes) is 2. The van der Waals surface area contributed by atoms with Gasteiger partial charge in [0.15, 0.2) is 0 Å². The van der Waals surface area contributed by atoms with Crippen molar-refractivity contribution in [3.63, 3.8) is 0 Å². The Morgan fingerprint density at radius 1 is 0.850 bits per heavy atom. The molecule has 0 bridgehead atoms. The van der Waals surface area contributed by atoms with E-state index >= 15 is 0 Å². The molecule has 0 atom stereocenters. The summed E-state index contributed by atoms with van der Waals surface area (Å²) in [5.74, 6) is 1.51. The number of esters is 2. The summed E-state index contributed by atoms with van der Waals surface area (Å²) in [5, 5.41) is 9.47. The lowest BCUT2D eigenvalue weighted by Gasteiger charge is -2.27. The first-order valence-corrected chi connectivity index (χ1v) is 16.6. The van der Waals surface area contributed by atoms with Gasteiger partial charge in [-0.05, 0) is 75.3 Å². The van der Waals surface area contributed by atoms with Crippen LogP contribution in [0.1, 0.15) is 104 Å². The highest BCUT2D eigenvalue weighted by atomic mass is 32.2. The van der Waals surface area contributed by atoms with Gasteiger partial charge < -0.3 is 9.47 Å². The Balaban J connectivity index is 1.46. The van der Waals surface area contributed by atoms with Gasteiger partial charge in [0, 0.05) is 0 Å². The Morgan fingerprint density at radius 2 is 1.27 bits per heavy atom. The van der Waals surface area contributed by atoms with Crippen LogP contribution in [0.15, 0.2) is 31.9 Å². The summed E-state index contributed by atoms with van der Waals surface area (Å²) in [7, 11) is 0. The third-order valence-corrected chi connectivity index (χ3v) is 11.2. The van der Waals surface area contributed by atoms with E-state index in [0.29, 0.717) is 37.4 Å². The molecular weight excluding hydrogens is 540 g/mol. The molecule has 40 heavy (non-hydrogen) atoms. The molecule has 0 spiro atoms. The lowest BCUT2D eigenvalue weighted by molar-refractivity contribution is -0.141. The number of nitrogens with zero attached hydrogens (tertiary/aromatic N) is 2. The van der Waals surface area contributed by atoms with E-state index in [0.717, 1.165) is 51.4 Å². The summed E-state index contributed by atoms with van der Waals surface area (Å²) in [6, 6.07) is 5.34. The van der Waals surface area contributed by atoms with Gasteiger partial charge in [-0.3, -0.25) is 9.59 Å². The maximum Gasteiger partial charge on any atom is 0.314 e. The van der Waals surface area contributed by atoms with Crippen molar-refractivity contribution in [3.05, 3.63) is 33.5 Å². The SMILES string of the molecule is [C-]#[N+]C(C#N)=C1Sc2c(OC(=O)C3CCC(CCCC)CC3)ccc(OC(=O)C3CCC(CCCC)CC3)c2S1. The number of ether oxygens (including phenoxy) is 2. The third-order valence-electron chi connectivity index (χ3n) is 8.55. The highest BCUT2D eigenvalue weighted by Crippen LogP contribution is 2.59. The topological polar surface area (TPSA) is 80.8 Å². The van der Waals surface area contributed by atoms with Crippen LogP contribution in [0.25, 0.3) is 4.85 Å². The number of allylic oxidation sites excluding steroid dienone is 1. The number of carbonyl (C=O) groups excluding carboxylic acids is 2. The second-order valence-electron chi connectivity index (χ2n) is 11.3. The highest BCUT2D eigenvalue weighted by Gasteiger charge is 2.34. The average molecular weight is 581 g/mol. The van der Waals surface area contributed by atoms with E-state index in [2.05, 4.69) is 18.7 Å². The quantitative estimate of drug-likeness (QED) is 0.118. The Bertz CT molecular complexity index is 1090. The van der Waals surface area contributed by atoms with Crippen molar-refractivity contribution < 1.29 is 19.1 Å². The zero-order valence-corrected chi connectivity index (χ0v) is 25.3. The Hall–Kier alpha value is -2.42. The maximum atomic E-state index is 13.1. The average Bonchev–Trinajstić information content (AvgIpc) is 3.43. The van der Waals surface area contributed by atoms with Gasteiger partial charge in [0.25, 0.3) is 5.70 Å². The standard InChI is InChI=1S/C32H40N2O4S2/c1-4-6-8-21-10-14-23(15-11-21)30(35)37-26-18-19-27(29-28(26)39-32(40-29)25(20-33)34-3)38-31(36)24-16-12-22(13-17-24)9-7-5-2/h18-19,21-24H,4-17H2,1-2H3. The van der Waals surface area contributed by atoms with Crippen LogP contribution < -0.4 is 9.47 Å². The number of rotatable bonds is 10. The van der Waals surface area contributed by atoms with E-state index in [1.807, 2.05) is 6.07 Å². The van der Waals surface area contributed by atoms with Crippen molar-refractivity contribution in [3.8, 4) is 17.6 Å². The summed E-state index contributed by atoms with van der Waals surface area (Å²) in [6.45, 7) is 11.8. The Kier molecular flexibility index (Phi) is 11.4. The molecule has 214 valence electrons. The molecule has 0 aromatic heterocycles. The number of thioether (sulfide) groups is 2. The van der Waals surface area contributed by atoms with E-state index in [-0.39, 0.29) is 29.5 Å². The van der Waals surface area contributed by atoms with Crippen molar-refractivity contribution in [1.29, 1.82) is 5.26 Å². The summed E-state index contributed by atoms with van der Waals surface area (Å²) >= 11 is 2.48. The number of carbonyl (C=O) groups is 2. The lowest BCUT2D eigenvalue weighted by Crippen LogP contribution is -2.26. The molecule has 0 unspecified atom stereocenters. The van der Waals surface area contributed by atoms with Gasteiger partial charge in [-0.15, -0.1) is 0 Å². The maximum absolute atomic E-state index is 13.1. The molecule has 2 aliphatic carbocycles. The largest absolute Gasteiger partial charge is 0.425 e. The fraction of sp³-hybridized carbons (Fsp3) is 0.625. The normalized spacial score (nSPS) is 23.9. The van der Waals surface area contributed by atoms with Gasteiger partial charge in [-0.1, -0.05) is 75.9 Å². The number of benzene rings is 1. The first kappa shape index (κ1) is 30.5. The minimum Gasteiger partial charge on any atom is -0.425 e. The van der Waals surface area contributed by atoms with Gasteiger partial charge in [0.1, 0.15) is 11.5 Å². The molecule has 1 aromatic rings. The predicted octanol–water partition coefficient (Wildman–Crippen LogP) is 9.30. The zero-order valence-electron chi connectivity index (χ0n) is 23.7. The summed E-state index contributed by atoms with van der Waals surface area (Å²) in [4.78, 5) is 30.9. The number of fused-ring (bicyclic) bond motifs is 1. The van der Waals surface area contributed by atoms with Crippen molar-refractivity contribution in [2.45, 2.75) is 114 Å². The number of nitriles is 1. The number of hydrogen-bond acceptors (Lipinski definition) is 7. The first-order chi connectivity index (χ1) is 19.5. The smallest absolute Gasteiger partial charge is 0.314 e. The van der Waals surface area contributed by atoms with Crippen LogP contribution in [0.3, 0.4) is 0 Å². The molecular formula is C32H40N2O4S2. The highest BCUT2D eigenvalue weighted by molar-refractivity contribution is 8.24. The van der Waals surface area contributed by atoms with Gasteiger partial charge in [0.05, 0.1) is 38.5 Å². The van der Waals surface area contributed by atoms with Gasteiger partial charge in [-0.2, -0.15) is 0 Å². The molecule has 0 radical (unpaired) electrons. The van der Waals surface area contributed by atoms with Gasteiger partial charge in [0.2, 0.25) is 0 Å². The molecule has 0 amide bonds. The van der Waals surface area contributed by atoms with Crippen LogP contribution >= 0.6 is 23.5 Å². The van der Waals surface area contributed by atoms with Crippen LogP contribution in [0.2, 0.25) is 0 Å². The summed E-state index contributed by atoms with van der Waals surface area (Å²) < 4.78 is 12.4. The molecule has 2 fully saturated rings. The Morgan fingerprint density at radius 3 is 1.62 bits per heavy atom. The van der Waals surface area contributed by atoms with Crippen molar-refractivity contribution >= 4 is 35.5 Å². The second-order valence-corrected chi connectivity index (χ2v) is 13.6. The molecule has 4 rings (SSSR count). The van der Waals surface area contributed by atoms with Gasteiger partial charge in [-0.25, -0.2) is 10.1 Å². The fourth-order valence-corrected chi connectivity index (χ4v) is 8.51. The van der Waals surface area contributed by atoms with E-state index in [9.17, 15) is 14.9 Å².